The van der Waals surface area contributed by atoms with Gasteiger partial charge in [-0.1, -0.05) is 17.3 Å². The molecule has 0 bridgehead atoms. The Morgan fingerprint density at radius 2 is 2.00 bits per heavy atom. The van der Waals surface area contributed by atoms with Crippen LogP contribution in [-0.4, -0.2) is 39.1 Å². The quantitative estimate of drug-likeness (QED) is 0.623. The molecule has 0 radical (unpaired) electrons. The molecule has 1 aromatic carbocycles. The Balaban J connectivity index is 2.16. The van der Waals surface area contributed by atoms with E-state index in [4.69, 9.17) is 4.84 Å². The van der Waals surface area contributed by atoms with Gasteiger partial charge in [-0.3, -0.25) is 10.1 Å². The van der Waals surface area contributed by atoms with Gasteiger partial charge in [0.25, 0.3) is 6.04 Å². The van der Waals surface area contributed by atoms with Gasteiger partial charge in [0.15, 0.2) is 0 Å². The zero-order valence-electron chi connectivity index (χ0n) is 10.5. The summed E-state index contributed by atoms with van der Waals surface area (Å²) in [6.07, 6.45) is -4.29. The topological polar surface area (TPSA) is 105 Å². The average molecular weight is 284 g/mol. The SMILES string of the molecule is CC1=NO[C@@H]([C@@H](O)[C@H](O)c2ccc(F)cc2)[C@@H]1[N+](=O)[O-]. The van der Waals surface area contributed by atoms with Crippen molar-refractivity contribution < 1.29 is 24.4 Å². The summed E-state index contributed by atoms with van der Waals surface area (Å²) in [4.78, 5) is 15.1. The fourth-order valence-electron chi connectivity index (χ4n) is 2.05. The number of aliphatic hydroxyl groups is 2. The molecule has 0 aromatic heterocycles. The van der Waals surface area contributed by atoms with Crippen molar-refractivity contribution >= 4 is 5.71 Å². The summed E-state index contributed by atoms with van der Waals surface area (Å²) >= 11 is 0. The van der Waals surface area contributed by atoms with E-state index in [2.05, 4.69) is 5.16 Å². The van der Waals surface area contributed by atoms with E-state index in [0.717, 1.165) is 12.1 Å². The van der Waals surface area contributed by atoms with Crippen LogP contribution in [-0.2, 0) is 4.84 Å². The second-order valence-electron chi connectivity index (χ2n) is 4.52. The molecule has 1 aliphatic rings. The van der Waals surface area contributed by atoms with Crippen LogP contribution in [0.25, 0.3) is 0 Å². The summed E-state index contributed by atoms with van der Waals surface area (Å²) < 4.78 is 12.8. The molecule has 0 unspecified atom stereocenters. The second kappa shape index (κ2) is 5.51. The van der Waals surface area contributed by atoms with Gasteiger partial charge >= 0.3 is 0 Å². The third-order valence-electron chi connectivity index (χ3n) is 3.16. The molecule has 4 atom stereocenters. The summed E-state index contributed by atoms with van der Waals surface area (Å²) in [5, 5.41) is 34.4. The highest BCUT2D eigenvalue weighted by atomic mass is 19.1. The minimum atomic E-state index is -1.56. The zero-order valence-corrected chi connectivity index (χ0v) is 10.5. The van der Waals surface area contributed by atoms with E-state index in [9.17, 15) is 24.7 Å². The molecular weight excluding hydrogens is 271 g/mol. The Morgan fingerprint density at radius 1 is 1.40 bits per heavy atom. The molecule has 0 fully saturated rings. The molecule has 0 amide bonds. The zero-order chi connectivity index (χ0) is 14.9. The number of halogens is 1. The van der Waals surface area contributed by atoms with Crippen molar-refractivity contribution in [1.29, 1.82) is 0 Å². The average Bonchev–Trinajstić information content (AvgIpc) is 2.80. The van der Waals surface area contributed by atoms with Gasteiger partial charge in [-0.25, -0.2) is 4.39 Å². The molecule has 2 N–H and O–H groups in total. The lowest BCUT2D eigenvalue weighted by Crippen LogP contribution is -2.45. The van der Waals surface area contributed by atoms with Gasteiger partial charge < -0.3 is 15.1 Å². The summed E-state index contributed by atoms with van der Waals surface area (Å²) in [6, 6.07) is 3.49. The second-order valence-corrected chi connectivity index (χ2v) is 4.52. The summed E-state index contributed by atoms with van der Waals surface area (Å²) in [5.41, 5.74) is 0.347. The van der Waals surface area contributed by atoms with E-state index in [1.807, 2.05) is 0 Å². The van der Waals surface area contributed by atoms with Crippen molar-refractivity contribution in [2.45, 2.75) is 31.3 Å². The van der Waals surface area contributed by atoms with Crippen LogP contribution in [0.15, 0.2) is 29.4 Å². The number of oxime groups is 1. The van der Waals surface area contributed by atoms with Crippen LogP contribution in [0.5, 0.6) is 0 Å². The van der Waals surface area contributed by atoms with Crippen LogP contribution in [0.3, 0.4) is 0 Å². The van der Waals surface area contributed by atoms with Crippen LogP contribution in [0.2, 0.25) is 0 Å². The van der Waals surface area contributed by atoms with E-state index in [1.54, 1.807) is 0 Å². The van der Waals surface area contributed by atoms with Gasteiger partial charge in [0.1, 0.15) is 23.7 Å². The van der Waals surface area contributed by atoms with Crippen LogP contribution < -0.4 is 0 Å². The van der Waals surface area contributed by atoms with Crippen molar-refractivity contribution in [2.75, 3.05) is 0 Å². The van der Waals surface area contributed by atoms with Crippen LogP contribution in [0.1, 0.15) is 18.6 Å². The van der Waals surface area contributed by atoms with E-state index >= 15 is 0 Å². The molecule has 2 rings (SSSR count). The van der Waals surface area contributed by atoms with Gasteiger partial charge in [0, 0.05) is 4.92 Å². The molecule has 0 saturated heterocycles. The first-order valence-electron chi connectivity index (χ1n) is 5.87. The molecular formula is C12H13FN2O5. The number of nitrogens with zero attached hydrogens (tertiary/aromatic N) is 2. The predicted molar refractivity (Wildman–Crippen MR) is 66.1 cm³/mol. The highest BCUT2D eigenvalue weighted by Crippen LogP contribution is 2.26. The molecule has 20 heavy (non-hydrogen) atoms. The first-order chi connectivity index (χ1) is 9.41. The Labute approximate surface area is 113 Å². The molecule has 0 saturated carbocycles. The van der Waals surface area contributed by atoms with Gasteiger partial charge in [-0.15, -0.1) is 0 Å². The van der Waals surface area contributed by atoms with Crippen molar-refractivity contribution in [2.24, 2.45) is 5.16 Å². The van der Waals surface area contributed by atoms with Gasteiger partial charge in [-0.2, -0.15) is 0 Å². The first kappa shape index (κ1) is 14.4. The summed E-state index contributed by atoms with van der Waals surface area (Å²) in [5.74, 6) is -0.491. The molecule has 0 spiro atoms. The number of hydrogen-bond donors (Lipinski definition) is 2. The first-order valence-corrected chi connectivity index (χ1v) is 5.87. The lowest BCUT2D eigenvalue weighted by Gasteiger charge is -2.23. The maximum atomic E-state index is 12.8. The minimum absolute atomic E-state index is 0.116. The summed E-state index contributed by atoms with van der Waals surface area (Å²) in [7, 11) is 0. The standard InChI is InChI=1S/C12H13FN2O5/c1-6-9(15(18)19)12(20-14-6)11(17)10(16)7-2-4-8(13)5-3-7/h2-5,9-12,16-17H,1H3/t9-,10-,11+,12-/m1/s1. The molecule has 1 heterocycles. The van der Waals surface area contributed by atoms with E-state index in [0.29, 0.717) is 0 Å². The van der Waals surface area contributed by atoms with Gasteiger partial charge in [0.2, 0.25) is 6.10 Å². The lowest BCUT2D eigenvalue weighted by atomic mass is 9.95. The molecule has 8 heteroatoms. The molecule has 0 aliphatic carbocycles. The Bertz CT molecular complexity index is 533. The van der Waals surface area contributed by atoms with Crippen molar-refractivity contribution in [3.05, 3.63) is 45.8 Å². The third kappa shape index (κ3) is 2.61. The maximum absolute atomic E-state index is 12.8. The number of rotatable bonds is 4. The van der Waals surface area contributed by atoms with Gasteiger partial charge in [-0.05, 0) is 24.6 Å². The van der Waals surface area contributed by atoms with Crippen molar-refractivity contribution in [3.63, 3.8) is 0 Å². The number of benzene rings is 1. The minimum Gasteiger partial charge on any atom is -0.386 e. The molecule has 1 aliphatic heterocycles. The highest BCUT2D eigenvalue weighted by Gasteiger charge is 2.48. The Hall–Kier alpha value is -2.06. The Morgan fingerprint density at radius 3 is 2.55 bits per heavy atom. The van der Waals surface area contributed by atoms with E-state index < -0.39 is 35.1 Å². The van der Waals surface area contributed by atoms with Crippen LogP contribution in [0, 0.1) is 15.9 Å². The normalized spacial score (nSPS) is 24.7. The molecule has 1 aromatic rings. The molecule has 7 nitrogen and oxygen atoms in total. The lowest BCUT2D eigenvalue weighted by molar-refractivity contribution is -0.514. The highest BCUT2D eigenvalue weighted by molar-refractivity contribution is 5.87. The number of hydrogen-bond acceptors (Lipinski definition) is 6. The monoisotopic (exact) mass is 284 g/mol. The van der Waals surface area contributed by atoms with Crippen molar-refractivity contribution in [3.8, 4) is 0 Å². The fraction of sp³-hybridized carbons (Fsp3) is 0.417. The van der Waals surface area contributed by atoms with Crippen molar-refractivity contribution in [1.82, 2.24) is 0 Å². The number of nitro groups is 1. The molecule has 108 valence electrons. The van der Waals surface area contributed by atoms with E-state index in [-0.39, 0.29) is 11.3 Å². The number of aliphatic hydroxyl groups excluding tert-OH is 2. The fourth-order valence-corrected chi connectivity index (χ4v) is 2.05. The van der Waals surface area contributed by atoms with Crippen LogP contribution in [0.4, 0.5) is 4.39 Å². The van der Waals surface area contributed by atoms with Crippen LogP contribution >= 0.6 is 0 Å². The van der Waals surface area contributed by atoms with Gasteiger partial charge in [0.05, 0.1) is 0 Å². The van der Waals surface area contributed by atoms with E-state index in [1.165, 1.54) is 19.1 Å². The third-order valence-corrected chi connectivity index (χ3v) is 3.16. The predicted octanol–water partition coefficient (Wildman–Crippen LogP) is 0.640. The smallest absolute Gasteiger partial charge is 0.295 e. The largest absolute Gasteiger partial charge is 0.386 e. The summed E-state index contributed by atoms with van der Waals surface area (Å²) in [6.45, 7) is 1.41. The maximum Gasteiger partial charge on any atom is 0.295 e. The Kier molecular flexibility index (Phi) is 3.96.